The number of nitrogens with one attached hydrogen (secondary N) is 3. The molecule has 4 heterocycles. The summed E-state index contributed by atoms with van der Waals surface area (Å²) in [7, 11) is 1.29. The molecule has 2 fully saturated rings. The lowest BCUT2D eigenvalue weighted by atomic mass is 9.99. The highest BCUT2D eigenvalue weighted by Crippen LogP contribution is 2.35. The van der Waals surface area contributed by atoms with E-state index in [4.69, 9.17) is 14.5 Å². The molecule has 2 aromatic heterocycles. The van der Waals surface area contributed by atoms with Crippen LogP contribution in [-0.4, -0.2) is 79.7 Å². The third kappa shape index (κ3) is 7.62. The number of alkyl carbamates (subject to hydrolysis) is 1. The van der Waals surface area contributed by atoms with Gasteiger partial charge < -0.3 is 29.7 Å². The maximum Gasteiger partial charge on any atom is 0.410 e. The number of rotatable bonds is 8. The van der Waals surface area contributed by atoms with E-state index in [2.05, 4.69) is 68.8 Å². The summed E-state index contributed by atoms with van der Waals surface area (Å²) in [5, 5.41) is 4.87. The molecule has 2 aliphatic heterocycles. The number of hydrogen-bond acceptors (Lipinski definition) is 7. The van der Waals surface area contributed by atoms with Crippen LogP contribution in [0.2, 0.25) is 0 Å². The van der Waals surface area contributed by atoms with E-state index < -0.39 is 17.7 Å². The molecule has 7 rings (SSSR count). The molecule has 12 nitrogen and oxygen atoms in total. The van der Waals surface area contributed by atoms with Gasteiger partial charge in [0.25, 0.3) is 0 Å². The molecule has 2 saturated heterocycles. The Labute approximate surface area is 315 Å². The van der Waals surface area contributed by atoms with Gasteiger partial charge in [0.05, 0.1) is 48.5 Å². The van der Waals surface area contributed by atoms with E-state index in [1.807, 2.05) is 57.8 Å². The first kappa shape index (κ1) is 36.5. The molecular formula is C42H47N7O5. The van der Waals surface area contributed by atoms with Gasteiger partial charge in [-0.1, -0.05) is 50.2 Å². The number of imidazole rings is 2. The molecule has 3 atom stereocenters. The third-order valence-electron chi connectivity index (χ3n) is 10.1. The summed E-state index contributed by atoms with van der Waals surface area (Å²) in [6, 6.07) is 22.2. The number of amides is 3. The van der Waals surface area contributed by atoms with Crippen LogP contribution >= 0.6 is 0 Å². The molecule has 3 unspecified atom stereocenters. The maximum atomic E-state index is 13.6. The number of carbonyl (C=O) groups excluding carboxylic acids is 3. The fraction of sp³-hybridized carbons (Fsp3) is 0.405. The summed E-state index contributed by atoms with van der Waals surface area (Å²) in [6.45, 7) is 10.7. The Kier molecular flexibility index (Phi) is 10.1. The Hall–Kier alpha value is -5.83. The lowest BCUT2D eigenvalue weighted by Gasteiger charge is -2.30. The van der Waals surface area contributed by atoms with E-state index in [1.165, 1.54) is 7.11 Å². The van der Waals surface area contributed by atoms with Crippen molar-refractivity contribution in [3.8, 4) is 33.6 Å². The summed E-state index contributed by atoms with van der Waals surface area (Å²) in [5.41, 5.74) is 4.91. The first-order chi connectivity index (χ1) is 25.9. The minimum absolute atomic E-state index is 0.100. The van der Waals surface area contributed by atoms with Crippen LogP contribution in [0, 0.1) is 18.1 Å². The summed E-state index contributed by atoms with van der Waals surface area (Å²) in [5.74, 6) is 1.24. The van der Waals surface area contributed by atoms with Gasteiger partial charge >= 0.3 is 12.2 Å². The summed E-state index contributed by atoms with van der Waals surface area (Å²) in [4.78, 5) is 58.1. The second kappa shape index (κ2) is 14.9. The fourth-order valence-corrected chi connectivity index (χ4v) is 7.37. The van der Waals surface area contributed by atoms with E-state index in [1.54, 1.807) is 11.1 Å². The van der Waals surface area contributed by atoms with Crippen molar-refractivity contribution in [3.05, 3.63) is 84.7 Å². The zero-order chi connectivity index (χ0) is 38.1. The van der Waals surface area contributed by atoms with E-state index >= 15 is 0 Å². The van der Waals surface area contributed by atoms with Crippen molar-refractivity contribution in [1.82, 2.24) is 35.1 Å². The van der Waals surface area contributed by atoms with E-state index in [0.29, 0.717) is 13.1 Å². The number of nitrogens with zero attached hydrogens (tertiary/aromatic N) is 4. The Morgan fingerprint density at radius 3 is 2.02 bits per heavy atom. The number of ether oxygens (including phenoxy) is 2. The van der Waals surface area contributed by atoms with Gasteiger partial charge in [-0.3, -0.25) is 9.69 Å². The van der Waals surface area contributed by atoms with E-state index in [-0.39, 0.29) is 30.0 Å². The van der Waals surface area contributed by atoms with Gasteiger partial charge in [0.15, 0.2) is 0 Å². The van der Waals surface area contributed by atoms with E-state index in [0.717, 1.165) is 81.7 Å². The third-order valence-corrected chi connectivity index (χ3v) is 10.1. The van der Waals surface area contributed by atoms with Gasteiger partial charge in [-0.2, -0.15) is 0 Å². The molecule has 5 aromatic rings. The number of fused-ring (bicyclic) bond motifs is 1. The molecule has 280 valence electrons. The van der Waals surface area contributed by atoms with Crippen LogP contribution in [0.3, 0.4) is 0 Å². The molecule has 0 spiro atoms. The monoisotopic (exact) mass is 729 g/mol. The smallest absolute Gasteiger partial charge is 0.410 e. The highest BCUT2D eigenvalue weighted by atomic mass is 16.6. The zero-order valence-corrected chi connectivity index (χ0v) is 31.7. The number of H-pyrrole nitrogens is 2. The van der Waals surface area contributed by atoms with Crippen molar-refractivity contribution in [2.24, 2.45) is 5.92 Å². The lowest BCUT2D eigenvalue weighted by Crippen LogP contribution is -2.51. The largest absolute Gasteiger partial charge is 0.453 e. The molecule has 0 radical (unpaired) electrons. The standard InChI is InChI=1S/C42H47N7O5/c1-25(2)36(47-40(51)53-6)39(50)48-19-7-9-34(48)37-44-24-33(46-37)31-18-17-29-21-28(15-16-30(29)22-31)26-11-13-27(14-12-26)32-23-43-38(45-32)35-10-8-20-49(35)41(52)54-42(3,4)5/h11,13,15-18,21-25,34-36H,7-10,19-20H2,1-6H3,(H,43,45)(H,44,46)(H,47,51). The number of methoxy groups -OCH3 is 1. The Morgan fingerprint density at radius 1 is 0.815 bits per heavy atom. The Balaban J connectivity index is 1.03. The molecule has 2 aliphatic rings. The molecule has 3 N–H and O–H groups in total. The highest BCUT2D eigenvalue weighted by Gasteiger charge is 2.38. The van der Waals surface area contributed by atoms with Crippen LogP contribution in [-0.2, 0) is 14.3 Å². The molecule has 0 aliphatic carbocycles. The average Bonchev–Trinajstić information content (AvgIpc) is 3.98. The van der Waals surface area contributed by atoms with Gasteiger partial charge in [0, 0.05) is 24.2 Å². The molecule has 12 heteroatoms. The first-order valence-electron chi connectivity index (χ1n) is 18.6. The molecule has 0 bridgehead atoms. The first-order valence-corrected chi connectivity index (χ1v) is 18.6. The fourth-order valence-electron chi connectivity index (χ4n) is 7.37. The molecule has 54 heavy (non-hydrogen) atoms. The number of aromatic nitrogens is 4. The molecule has 3 aromatic carbocycles. The minimum Gasteiger partial charge on any atom is -0.453 e. The second-order valence-corrected chi connectivity index (χ2v) is 15.4. The predicted octanol–water partition coefficient (Wildman–Crippen LogP) is 8.00. The summed E-state index contributed by atoms with van der Waals surface area (Å²) < 4.78 is 10.4. The van der Waals surface area contributed by atoms with Gasteiger partial charge in [-0.05, 0) is 93.0 Å². The van der Waals surface area contributed by atoms with Crippen LogP contribution < -0.4 is 5.32 Å². The second-order valence-electron chi connectivity index (χ2n) is 15.4. The normalized spacial score (nSPS) is 17.8. The van der Waals surface area contributed by atoms with Gasteiger partial charge in [-0.15, -0.1) is 0 Å². The number of carbonyl (C=O) groups is 3. The molecule has 3 amide bonds. The van der Waals surface area contributed by atoms with Crippen molar-refractivity contribution in [2.45, 2.75) is 84.0 Å². The van der Waals surface area contributed by atoms with Gasteiger partial charge in [-0.25, -0.2) is 19.6 Å². The lowest BCUT2D eigenvalue weighted by molar-refractivity contribution is -0.135. The van der Waals surface area contributed by atoms with Gasteiger partial charge in [0.2, 0.25) is 5.91 Å². The van der Waals surface area contributed by atoms with Crippen molar-refractivity contribution in [1.29, 1.82) is 0 Å². The van der Waals surface area contributed by atoms with Crippen molar-refractivity contribution in [2.75, 3.05) is 20.2 Å². The quantitative estimate of drug-likeness (QED) is 0.147. The zero-order valence-electron chi connectivity index (χ0n) is 31.7. The number of hydrogen-bond donors (Lipinski definition) is 3. The minimum atomic E-state index is -0.683. The Bertz CT molecular complexity index is 2150. The van der Waals surface area contributed by atoms with Crippen LogP contribution in [0.1, 0.15) is 84.0 Å². The summed E-state index contributed by atoms with van der Waals surface area (Å²) in [6.07, 6.45) is 6.03. The van der Waals surface area contributed by atoms with Crippen molar-refractivity contribution >= 4 is 28.9 Å². The average molecular weight is 730 g/mol. The van der Waals surface area contributed by atoms with E-state index in [9.17, 15) is 14.4 Å². The molecular weight excluding hydrogens is 683 g/mol. The topological polar surface area (TPSA) is 146 Å². The maximum absolute atomic E-state index is 13.6. The Morgan fingerprint density at radius 2 is 1.39 bits per heavy atom. The highest BCUT2D eigenvalue weighted by molar-refractivity contribution is 5.90. The van der Waals surface area contributed by atoms with Crippen molar-refractivity contribution in [3.63, 3.8) is 0 Å². The number of likely N-dealkylation sites (tertiary alicyclic amines) is 2. The van der Waals surface area contributed by atoms with Crippen LogP contribution in [0.25, 0.3) is 44.4 Å². The van der Waals surface area contributed by atoms with Crippen LogP contribution in [0.5, 0.6) is 0 Å². The van der Waals surface area contributed by atoms with Crippen LogP contribution in [0.4, 0.5) is 9.59 Å². The van der Waals surface area contributed by atoms with Crippen molar-refractivity contribution < 1.29 is 23.9 Å². The summed E-state index contributed by atoms with van der Waals surface area (Å²) >= 11 is 0. The number of aromatic amines is 2. The number of benzene rings is 2. The SMILES string of the molecule is COC(=O)NC(C(=O)N1CCCC1c1ncc(-c2ccc3cc(-c4c#cc(-c5cnc(C6CCCN6C(=O)OC(C)(C)C)[nH]5)cc4)ccc3c2)[nH]1)C(C)C. The molecule has 0 saturated carbocycles. The van der Waals surface area contributed by atoms with Gasteiger partial charge in [0.1, 0.15) is 23.3 Å². The van der Waals surface area contributed by atoms with Crippen LogP contribution in [0.15, 0.2) is 60.9 Å². The predicted molar refractivity (Wildman–Crippen MR) is 205 cm³/mol.